The molecule has 8 heteroatoms. The minimum Gasteiger partial charge on any atom is -0.393 e. The number of fused-ring (bicyclic) bond motifs is 1. The zero-order valence-corrected chi connectivity index (χ0v) is 11.9. The van der Waals surface area contributed by atoms with Crippen LogP contribution in [0.4, 0.5) is 0 Å². The van der Waals surface area contributed by atoms with Crippen molar-refractivity contribution in [1.82, 2.24) is 8.61 Å². The molecule has 0 radical (unpaired) electrons. The molecule has 2 aliphatic heterocycles. The zero-order chi connectivity index (χ0) is 14.2. The summed E-state index contributed by atoms with van der Waals surface area (Å²) in [5.74, 6) is -2.24. The molecule has 2 atom stereocenters. The molecule has 2 saturated heterocycles. The van der Waals surface area contributed by atoms with Crippen LogP contribution in [0.1, 0.15) is 20.3 Å². The first-order valence-corrected chi connectivity index (χ1v) is 7.82. The van der Waals surface area contributed by atoms with Gasteiger partial charge in [0.1, 0.15) is 0 Å². The van der Waals surface area contributed by atoms with Gasteiger partial charge in [0.15, 0.2) is 0 Å². The third-order valence-electron chi connectivity index (χ3n) is 3.74. The molecule has 108 valence electrons. The van der Waals surface area contributed by atoms with Crippen molar-refractivity contribution in [3.8, 4) is 0 Å². The van der Waals surface area contributed by atoms with Crippen LogP contribution in [0.3, 0.4) is 0 Å². The summed E-state index contributed by atoms with van der Waals surface area (Å²) in [6, 6.07) is 0. The number of hydrogen-bond donors (Lipinski definition) is 0. The third-order valence-corrected chi connectivity index (χ3v) is 5.89. The molecule has 0 saturated carbocycles. The second-order valence-corrected chi connectivity index (χ2v) is 6.62. The van der Waals surface area contributed by atoms with Gasteiger partial charge in [-0.1, -0.05) is 13.8 Å². The van der Waals surface area contributed by atoms with E-state index in [1.165, 1.54) is 8.61 Å². The van der Waals surface area contributed by atoms with E-state index in [0.717, 1.165) is 0 Å². The molecule has 2 fully saturated rings. The number of hydrogen-bond acceptors (Lipinski definition) is 5. The molecular weight excluding hydrogens is 272 g/mol. The van der Waals surface area contributed by atoms with Gasteiger partial charge in [0.05, 0.1) is 11.8 Å². The largest absolute Gasteiger partial charge is 0.393 e. The second-order valence-electron chi connectivity index (χ2n) is 4.69. The van der Waals surface area contributed by atoms with E-state index in [-0.39, 0.29) is 13.1 Å². The van der Waals surface area contributed by atoms with Crippen LogP contribution in [0.15, 0.2) is 0 Å². The first-order valence-electron chi connectivity index (χ1n) is 6.42. The molecule has 2 rings (SSSR count). The number of ether oxygens (including phenoxy) is 1. The summed E-state index contributed by atoms with van der Waals surface area (Å²) in [6.07, 6.45) is 0.343. The highest BCUT2D eigenvalue weighted by Crippen LogP contribution is 2.33. The minimum atomic E-state index is -3.56. The Kier molecular flexibility index (Phi) is 3.93. The summed E-state index contributed by atoms with van der Waals surface area (Å²) >= 11 is 0. The van der Waals surface area contributed by atoms with E-state index < -0.39 is 34.0 Å². The third kappa shape index (κ3) is 2.39. The summed E-state index contributed by atoms with van der Waals surface area (Å²) in [5.41, 5.74) is 0. The van der Waals surface area contributed by atoms with Crippen molar-refractivity contribution >= 4 is 22.1 Å². The van der Waals surface area contributed by atoms with E-state index in [4.69, 9.17) is 0 Å². The highest BCUT2D eigenvalue weighted by molar-refractivity contribution is 7.86. The molecule has 7 nitrogen and oxygen atoms in total. The molecule has 0 aromatic rings. The second kappa shape index (κ2) is 5.18. The monoisotopic (exact) mass is 290 g/mol. The number of carbonyl (C=O) groups is 2. The lowest BCUT2D eigenvalue weighted by Crippen LogP contribution is -2.50. The Labute approximate surface area is 112 Å². The topological polar surface area (TPSA) is 84.0 Å². The lowest BCUT2D eigenvalue weighted by Gasteiger charge is -2.34. The predicted molar refractivity (Wildman–Crippen MR) is 66.1 cm³/mol. The fourth-order valence-corrected chi connectivity index (χ4v) is 4.28. The summed E-state index contributed by atoms with van der Waals surface area (Å²) in [4.78, 5) is 22.9. The van der Waals surface area contributed by atoms with Crippen LogP contribution in [0.2, 0.25) is 0 Å². The molecule has 2 heterocycles. The van der Waals surface area contributed by atoms with Crippen LogP contribution in [0.25, 0.3) is 0 Å². The molecule has 0 aromatic heterocycles. The van der Waals surface area contributed by atoms with Gasteiger partial charge < -0.3 is 4.74 Å². The van der Waals surface area contributed by atoms with Gasteiger partial charge in [-0.15, -0.1) is 0 Å². The Hall–Kier alpha value is -0.990. The zero-order valence-electron chi connectivity index (χ0n) is 11.0. The van der Waals surface area contributed by atoms with Crippen molar-refractivity contribution in [1.29, 1.82) is 0 Å². The Balaban J connectivity index is 2.17. The van der Waals surface area contributed by atoms with Gasteiger partial charge in [-0.25, -0.2) is 0 Å². The van der Waals surface area contributed by atoms with Crippen molar-refractivity contribution < 1.29 is 22.7 Å². The van der Waals surface area contributed by atoms with Crippen LogP contribution in [-0.4, -0.2) is 55.1 Å². The molecule has 0 N–H and O–H groups in total. The van der Waals surface area contributed by atoms with E-state index >= 15 is 0 Å². The van der Waals surface area contributed by atoms with Gasteiger partial charge in [-0.3, -0.25) is 9.59 Å². The van der Waals surface area contributed by atoms with E-state index in [2.05, 4.69) is 4.74 Å². The molecule has 0 amide bonds. The van der Waals surface area contributed by atoms with Crippen molar-refractivity contribution in [2.45, 2.75) is 20.3 Å². The van der Waals surface area contributed by atoms with Gasteiger partial charge in [0.25, 0.3) is 10.2 Å². The number of carbonyl (C=O) groups excluding carboxylic acids is 2. The summed E-state index contributed by atoms with van der Waals surface area (Å²) in [6.45, 7) is 4.58. The summed E-state index contributed by atoms with van der Waals surface area (Å²) in [7, 11) is -3.56. The Bertz CT molecular complexity index is 485. The first-order chi connectivity index (χ1) is 8.91. The van der Waals surface area contributed by atoms with E-state index in [9.17, 15) is 18.0 Å². The predicted octanol–water partition coefficient (Wildman–Crippen LogP) is -0.405. The van der Waals surface area contributed by atoms with Crippen molar-refractivity contribution in [3.63, 3.8) is 0 Å². The molecule has 2 aliphatic rings. The Morgan fingerprint density at radius 3 is 2.37 bits per heavy atom. The first kappa shape index (κ1) is 14.4. The van der Waals surface area contributed by atoms with Crippen molar-refractivity contribution in [3.05, 3.63) is 0 Å². The van der Waals surface area contributed by atoms with Crippen LogP contribution in [0.5, 0.6) is 0 Å². The van der Waals surface area contributed by atoms with E-state index in [1.807, 2.05) is 0 Å². The van der Waals surface area contributed by atoms with Gasteiger partial charge in [-0.2, -0.15) is 17.0 Å². The average molecular weight is 290 g/mol. The maximum atomic E-state index is 12.3. The summed E-state index contributed by atoms with van der Waals surface area (Å²) in [5, 5.41) is 0. The summed E-state index contributed by atoms with van der Waals surface area (Å²) < 4.78 is 31.9. The van der Waals surface area contributed by atoms with E-state index in [0.29, 0.717) is 19.5 Å². The quantitative estimate of drug-likeness (QED) is 0.519. The van der Waals surface area contributed by atoms with Gasteiger partial charge >= 0.3 is 11.9 Å². The van der Waals surface area contributed by atoms with Gasteiger partial charge in [0.2, 0.25) is 0 Å². The molecule has 0 aromatic carbocycles. The van der Waals surface area contributed by atoms with Gasteiger partial charge in [0, 0.05) is 26.2 Å². The fraction of sp³-hybridized carbons (Fsp3) is 0.818. The SMILES string of the molecule is CCN(CC)S(=O)(=O)N1CCC2C(=O)OC(=O)C2C1. The minimum absolute atomic E-state index is 0.0358. The maximum Gasteiger partial charge on any atom is 0.318 e. The van der Waals surface area contributed by atoms with Crippen LogP contribution in [-0.2, 0) is 24.5 Å². The molecule has 0 bridgehead atoms. The fourth-order valence-electron chi connectivity index (χ4n) is 2.62. The van der Waals surface area contributed by atoms with Crippen LogP contribution in [0, 0.1) is 11.8 Å². The van der Waals surface area contributed by atoms with Crippen molar-refractivity contribution in [2.75, 3.05) is 26.2 Å². The van der Waals surface area contributed by atoms with Crippen molar-refractivity contribution in [2.24, 2.45) is 11.8 Å². The molecule has 0 spiro atoms. The molecule has 2 unspecified atom stereocenters. The van der Waals surface area contributed by atoms with Gasteiger partial charge in [-0.05, 0) is 6.42 Å². The number of nitrogens with zero attached hydrogens (tertiary/aromatic N) is 2. The number of esters is 2. The number of rotatable bonds is 4. The number of cyclic esters (lactones) is 2. The average Bonchev–Trinajstić information content (AvgIpc) is 2.66. The standard InChI is InChI=1S/C11H18N2O5S/c1-3-12(4-2)19(16,17)13-6-5-8-9(7-13)11(15)18-10(8)14/h8-9H,3-7H2,1-2H3. The molecule has 19 heavy (non-hydrogen) atoms. The Morgan fingerprint density at radius 1 is 1.21 bits per heavy atom. The highest BCUT2D eigenvalue weighted by atomic mass is 32.2. The van der Waals surface area contributed by atoms with E-state index in [1.54, 1.807) is 13.8 Å². The van der Waals surface area contributed by atoms with Crippen LogP contribution < -0.4 is 0 Å². The lowest BCUT2D eigenvalue weighted by molar-refractivity contribution is -0.153. The number of piperidine rings is 1. The normalized spacial score (nSPS) is 28.6. The highest BCUT2D eigenvalue weighted by Gasteiger charge is 2.49. The molecule has 0 aliphatic carbocycles. The Morgan fingerprint density at radius 2 is 1.79 bits per heavy atom. The smallest absolute Gasteiger partial charge is 0.318 e. The lowest BCUT2D eigenvalue weighted by atomic mass is 9.89. The molecular formula is C11H18N2O5S. The maximum absolute atomic E-state index is 12.3. The van der Waals surface area contributed by atoms with Crippen LogP contribution >= 0.6 is 0 Å².